The predicted molar refractivity (Wildman–Crippen MR) is 145 cm³/mol. The van der Waals surface area contributed by atoms with Gasteiger partial charge in [0.05, 0.1) is 28.2 Å². The average molecular weight is 709 g/mol. The van der Waals surface area contributed by atoms with Gasteiger partial charge in [0.15, 0.2) is 11.5 Å². The lowest BCUT2D eigenvalue weighted by Gasteiger charge is -2.16. The third kappa shape index (κ3) is 6.32. The van der Waals surface area contributed by atoms with Crippen molar-refractivity contribution in [3.8, 4) is 5.82 Å². The predicted octanol–water partition coefficient (Wildman–Crippen LogP) is 5.13. The zero-order valence-electron chi connectivity index (χ0n) is 21.1. The quantitative estimate of drug-likeness (QED) is 0.194. The van der Waals surface area contributed by atoms with Gasteiger partial charge in [0.1, 0.15) is 12.2 Å². The van der Waals surface area contributed by atoms with Crippen LogP contribution in [-0.4, -0.2) is 54.3 Å². The zero-order chi connectivity index (χ0) is 30.1. The molecule has 0 fully saturated rings. The van der Waals surface area contributed by atoms with Crippen LogP contribution in [0, 0.1) is 10.5 Å². The van der Waals surface area contributed by atoms with Crippen LogP contribution in [0.2, 0.25) is 5.02 Å². The highest BCUT2D eigenvalue weighted by atomic mass is 127. The topological polar surface area (TPSA) is 120 Å². The van der Waals surface area contributed by atoms with Gasteiger partial charge in [0, 0.05) is 16.3 Å². The smallest absolute Gasteiger partial charge is 0.352 e. The highest BCUT2D eigenvalue weighted by Crippen LogP contribution is 2.42. The van der Waals surface area contributed by atoms with Crippen molar-refractivity contribution >= 4 is 51.7 Å². The Morgan fingerprint density at radius 1 is 1.10 bits per heavy atom. The molecule has 3 heterocycles. The first-order valence-electron chi connectivity index (χ1n) is 11.7. The number of alkyl halides is 5. The van der Waals surface area contributed by atoms with Crippen molar-refractivity contribution in [1.29, 1.82) is 0 Å². The van der Waals surface area contributed by atoms with E-state index in [4.69, 9.17) is 11.6 Å². The van der Waals surface area contributed by atoms with E-state index in [2.05, 4.69) is 30.9 Å². The van der Waals surface area contributed by atoms with Crippen molar-refractivity contribution in [3.63, 3.8) is 0 Å². The van der Waals surface area contributed by atoms with E-state index in [0.29, 0.717) is 23.1 Å². The second kappa shape index (κ2) is 11.7. The van der Waals surface area contributed by atoms with E-state index in [-0.39, 0.29) is 33.5 Å². The molecule has 1 aromatic carbocycles. The Kier molecular flexibility index (Phi) is 8.62. The highest BCUT2D eigenvalue weighted by molar-refractivity contribution is 14.1. The number of pyridine rings is 1. The van der Waals surface area contributed by atoms with Gasteiger partial charge in [-0.05, 0) is 72.3 Å². The molecule has 3 aromatic heterocycles. The minimum Gasteiger partial charge on any atom is -0.352 e. The fourth-order valence-electron chi connectivity index (χ4n) is 3.69. The summed E-state index contributed by atoms with van der Waals surface area (Å²) in [4.78, 5) is 31.0. The van der Waals surface area contributed by atoms with Gasteiger partial charge in [0.2, 0.25) is 0 Å². The SMILES string of the molecule is CCNC(=O)c1cc(I)cc(C)c1NC(=O)c1cc(Cn2ncc(C(F)(F)C(F)(F)F)n2)nn1-c1ncccc1Cl. The minimum atomic E-state index is -5.86. The molecule has 41 heavy (non-hydrogen) atoms. The Morgan fingerprint density at radius 2 is 1.83 bits per heavy atom. The van der Waals surface area contributed by atoms with Gasteiger partial charge in [-0.1, -0.05) is 11.6 Å². The molecule has 4 aromatic rings. The Hall–Kier alpha value is -3.67. The van der Waals surface area contributed by atoms with E-state index in [1.807, 2.05) is 22.6 Å². The number of amides is 2. The maximum atomic E-state index is 13.7. The minimum absolute atomic E-state index is 0.0117. The second-order valence-electron chi connectivity index (χ2n) is 8.53. The maximum Gasteiger partial charge on any atom is 0.459 e. The molecule has 0 aliphatic heterocycles. The van der Waals surface area contributed by atoms with E-state index < -0.39 is 36.2 Å². The molecule has 17 heteroatoms. The molecule has 10 nitrogen and oxygen atoms in total. The Balaban J connectivity index is 1.73. The Morgan fingerprint density at radius 3 is 2.49 bits per heavy atom. The summed E-state index contributed by atoms with van der Waals surface area (Å²) in [6.07, 6.45) is -4.17. The molecule has 0 atom stereocenters. The van der Waals surface area contributed by atoms with E-state index in [9.17, 15) is 31.5 Å². The number of anilines is 1. The lowest BCUT2D eigenvalue weighted by atomic mass is 10.1. The molecule has 0 unspecified atom stereocenters. The summed E-state index contributed by atoms with van der Waals surface area (Å²) in [5.41, 5.74) is -0.679. The normalized spacial score (nSPS) is 11.9. The standard InChI is InChI=1S/C24H19ClF5IN8O2/c1-3-32-21(40)15-8-13(31)7-12(2)19(15)35-22(41)17-9-14(36-39(17)20-16(25)5-4-6-33-20)11-38-34-10-18(37-38)23(26,27)24(28,29)30/h4-10H,3,11H2,1-2H3,(H,32,40)(H,35,41). The van der Waals surface area contributed by atoms with Crippen LogP contribution in [0.4, 0.5) is 27.6 Å². The molecule has 2 amide bonds. The molecule has 0 radical (unpaired) electrons. The molecular formula is C24H19ClF5IN8O2. The van der Waals surface area contributed by atoms with Crippen LogP contribution >= 0.6 is 34.2 Å². The molecule has 0 aliphatic rings. The lowest BCUT2D eigenvalue weighted by molar-refractivity contribution is -0.291. The molecule has 0 saturated heterocycles. The number of halogens is 7. The number of benzene rings is 1. The Bertz CT molecular complexity index is 1620. The van der Waals surface area contributed by atoms with Gasteiger partial charge in [0.25, 0.3) is 11.8 Å². The first-order chi connectivity index (χ1) is 19.2. The third-order valence-electron chi connectivity index (χ3n) is 5.57. The van der Waals surface area contributed by atoms with Crippen molar-refractivity contribution in [1.82, 2.24) is 35.1 Å². The molecule has 0 bridgehead atoms. The summed E-state index contributed by atoms with van der Waals surface area (Å²) in [6.45, 7) is 3.33. The molecule has 4 rings (SSSR count). The van der Waals surface area contributed by atoms with Crippen LogP contribution in [0.15, 0.2) is 42.7 Å². The second-order valence-corrected chi connectivity index (χ2v) is 10.2. The summed E-state index contributed by atoms with van der Waals surface area (Å²) >= 11 is 8.32. The lowest BCUT2D eigenvalue weighted by Crippen LogP contribution is -2.34. The number of aryl methyl sites for hydroxylation is 1. The number of nitrogens with zero attached hydrogens (tertiary/aromatic N) is 6. The molecular weight excluding hydrogens is 690 g/mol. The van der Waals surface area contributed by atoms with Crippen LogP contribution in [-0.2, 0) is 12.5 Å². The number of hydrogen-bond acceptors (Lipinski definition) is 6. The number of nitrogens with one attached hydrogen (secondary N) is 2. The van der Waals surface area contributed by atoms with Gasteiger partial charge >= 0.3 is 12.1 Å². The summed E-state index contributed by atoms with van der Waals surface area (Å²) in [7, 11) is 0. The van der Waals surface area contributed by atoms with Crippen molar-refractivity contribution in [2.24, 2.45) is 0 Å². The van der Waals surface area contributed by atoms with Crippen LogP contribution in [0.5, 0.6) is 0 Å². The maximum absolute atomic E-state index is 13.7. The molecule has 0 aliphatic carbocycles. The van der Waals surface area contributed by atoms with E-state index in [1.54, 1.807) is 32.0 Å². The van der Waals surface area contributed by atoms with Gasteiger partial charge in [-0.25, -0.2) is 9.67 Å². The number of aromatic nitrogens is 6. The summed E-state index contributed by atoms with van der Waals surface area (Å²) in [5, 5.41) is 16.5. The first kappa shape index (κ1) is 30.3. The fraction of sp³-hybridized carbons (Fsp3) is 0.250. The van der Waals surface area contributed by atoms with E-state index in [1.165, 1.54) is 18.3 Å². The van der Waals surface area contributed by atoms with Crippen LogP contribution in [0.1, 0.15) is 44.7 Å². The van der Waals surface area contributed by atoms with Gasteiger partial charge in [-0.15, -0.1) is 0 Å². The largest absolute Gasteiger partial charge is 0.459 e. The van der Waals surface area contributed by atoms with Gasteiger partial charge in [-0.3, -0.25) is 9.59 Å². The summed E-state index contributed by atoms with van der Waals surface area (Å²) < 4.78 is 67.5. The monoisotopic (exact) mass is 708 g/mol. The highest BCUT2D eigenvalue weighted by Gasteiger charge is 2.60. The fourth-order valence-corrected chi connectivity index (χ4v) is 4.67. The van der Waals surface area contributed by atoms with E-state index >= 15 is 0 Å². The van der Waals surface area contributed by atoms with Crippen LogP contribution < -0.4 is 10.6 Å². The average Bonchev–Trinajstić information content (AvgIpc) is 3.53. The van der Waals surface area contributed by atoms with Gasteiger partial charge in [-0.2, -0.15) is 42.0 Å². The van der Waals surface area contributed by atoms with Crippen LogP contribution in [0.3, 0.4) is 0 Å². The number of carbonyl (C=O) groups excluding carboxylic acids is 2. The zero-order valence-corrected chi connectivity index (χ0v) is 24.0. The van der Waals surface area contributed by atoms with Crippen molar-refractivity contribution < 1.29 is 31.5 Å². The molecule has 0 saturated carbocycles. The van der Waals surface area contributed by atoms with Gasteiger partial charge < -0.3 is 10.6 Å². The number of carbonyl (C=O) groups is 2. The third-order valence-corrected chi connectivity index (χ3v) is 6.49. The number of hydrogen-bond donors (Lipinski definition) is 2. The summed E-state index contributed by atoms with van der Waals surface area (Å²) in [6, 6.07) is 7.64. The van der Waals surface area contributed by atoms with Crippen molar-refractivity contribution in [2.45, 2.75) is 32.5 Å². The Labute approximate surface area is 247 Å². The molecule has 0 spiro atoms. The van der Waals surface area contributed by atoms with Crippen LogP contribution in [0.25, 0.3) is 5.82 Å². The van der Waals surface area contributed by atoms with Crippen molar-refractivity contribution in [2.75, 3.05) is 11.9 Å². The molecule has 216 valence electrons. The summed E-state index contributed by atoms with van der Waals surface area (Å²) in [5.74, 6) is -6.34. The van der Waals surface area contributed by atoms with E-state index in [0.717, 1.165) is 8.25 Å². The van der Waals surface area contributed by atoms with Crippen molar-refractivity contribution in [3.05, 3.63) is 79.5 Å². The first-order valence-corrected chi connectivity index (χ1v) is 13.1. The molecule has 2 N–H and O–H groups in total. The number of rotatable bonds is 8.